The van der Waals surface area contributed by atoms with E-state index in [1.165, 1.54) is 0 Å². The third-order valence-corrected chi connectivity index (χ3v) is 6.03. The molecule has 34 heavy (non-hydrogen) atoms. The highest BCUT2D eigenvalue weighted by molar-refractivity contribution is 5.79. The normalized spacial score (nSPS) is 16.7. The Morgan fingerprint density at radius 2 is 1.15 bits per heavy atom. The molecular weight excluding hydrogens is 436 g/mol. The van der Waals surface area contributed by atoms with Gasteiger partial charge in [0.15, 0.2) is 0 Å². The number of piperazine rings is 2. The van der Waals surface area contributed by atoms with E-state index in [0.717, 1.165) is 65.2 Å². The standard InChI is InChI=1S/C11H16N4O2.C11H18N4.CH4O/c1-13-5-7-14(8-6-13)10-4-2-3-9(12)11(10)15(16)17;1-14-5-7-15(8-6-14)10-4-2-3-9(12)11(10)13;1-2/h2-4H,5-8,12H2,1H3;2-4H,5-8,12-13H2,1H3;2H,1H3. The summed E-state index contributed by atoms with van der Waals surface area (Å²) in [6, 6.07) is 10.9. The van der Waals surface area contributed by atoms with Crippen molar-refractivity contribution in [3.63, 3.8) is 0 Å². The molecular formula is C23H38N8O3. The number of nitrogen functional groups attached to an aromatic ring is 3. The highest BCUT2D eigenvalue weighted by Gasteiger charge is 2.24. The van der Waals surface area contributed by atoms with Gasteiger partial charge in [0.2, 0.25) is 0 Å². The lowest BCUT2D eigenvalue weighted by atomic mass is 10.2. The largest absolute Gasteiger partial charge is 0.400 e. The molecule has 0 aromatic heterocycles. The number of anilines is 5. The Balaban J connectivity index is 0.000000225. The molecule has 2 aromatic carbocycles. The number of likely N-dealkylation sites (N-methyl/N-ethyl adjacent to an activating group) is 2. The van der Waals surface area contributed by atoms with Crippen molar-refractivity contribution in [1.82, 2.24) is 9.80 Å². The first kappa shape index (κ1) is 27.0. The zero-order valence-corrected chi connectivity index (χ0v) is 20.4. The Morgan fingerprint density at radius 3 is 1.62 bits per heavy atom. The van der Waals surface area contributed by atoms with Gasteiger partial charge in [-0.1, -0.05) is 12.1 Å². The molecule has 0 aliphatic carbocycles. The Labute approximate surface area is 201 Å². The number of nitrogens with zero attached hydrogens (tertiary/aromatic N) is 5. The number of nitrogens with two attached hydrogens (primary N) is 3. The van der Waals surface area contributed by atoms with E-state index in [1.807, 2.05) is 30.1 Å². The van der Waals surface area contributed by atoms with E-state index >= 15 is 0 Å². The molecule has 0 atom stereocenters. The summed E-state index contributed by atoms with van der Waals surface area (Å²) in [4.78, 5) is 19.5. The van der Waals surface area contributed by atoms with Crippen LogP contribution in [-0.2, 0) is 0 Å². The smallest absolute Gasteiger partial charge is 0.315 e. The van der Waals surface area contributed by atoms with E-state index in [4.69, 9.17) is 22.3 Å². The van der Waals surface area contributed by atoms with Crippen LogP contribution in [0.15, 0.2) is 36.4 Å². The van der Waals surface area contributed by atoms with Crippen LogP contribution in [0.25, 0.3) is 0 Å². The molecule has 0 spiro atoms. The summed E-state index contributed by atoms with van der Waals surface area (Å²) in [6.45, 7) is 7.59. The van der Waals surface area contributed by atoms with Crippen LogP contribution in [0.1, 0.15) is 0 Å². The minimum atomic E-state index is -0.400. The monoisotopic (exact) mass is 474 g/mol. The number of benzene rings is 2. The number of hydrogen-bond acceptors (Lipinski definition) is 10. The van der Waals surface area contributed by atoms with Crippen LogP contribution in [0.2, 0.25) is 0 Å². The van der Waals surface area contributed by atoms with Crippen molar-refractivity contribution in [3.8, 4) is 0 Å². The van der Waals surface area contributed by atoms with Crippen molar-refractivity contribution in [2.75, 3.05) is 101 Å². The molecule has 2 aliphatic rings. The molecule has 0 radical (unpaired) electrons. The minimum Gasteiger partial charge on any atom is -0.400 e. The van der Waals surface area contributed by atoms with Gasteiger partial charge in [0, 0.05) is 59.5 Å². The van der Waals surface area contributed by atoms with Crippen LogP contribution in [0.3, 0.4) is 0 Å². The van der Waals surface area contributed by atoms with Gasteiger partial charge in [0.1, 0.15) is 11.4 Å². The Kier molecular flexibility index (Phi) is 10.2. The zero-order valence-electron chi connectivity index (χ0n) is 20.4. The predicted molar refractivity (Wildman–Crippen MR) is 140 cm³/mol. The summed E-state index contributed by atoms with van der Waals surface area (Å²) < 4.78 is 0. The Bertz CT molecular complexity index is 926. The second kappa shape index (κ2) is 12.8. The fourth-order valence-corrected chi connectivity index (χ4v) is 3.94. The maximum absolute atomic E-state index is 11.0. The third kappa shape index (κ3) is 6.86. The lowest BCUT2D eigenvalue weighted by Gasteiger charge is -2.34. The summed E-state index contributed by atoms with van der Waals surface area (Å²) in [5.41, 5.74) is 20.8. The molecule has 4 rings (SSSR count). The van der Waals surface area contributed by atoms with Crippen molar-refractivity contribution >= 4 is 34.1 Å². The minimum absolute atomic E-state index is 0.0250. The number of para-hydroxylation sites is 2. The number of hydrogen-bond donors (Lipinski definition) is 4. The van der Waals surface area contributed by atoms with Crippen LogP contribution < -0.4 is 27.0 Å². The fourth-order valence-electron chi connectivity index (χ4n) is 3.94. The van der Waals surface area contributed by atoms with E-state index in [9.17, 15) is 10.1 Å². The molecule has 2 fully saturated rings. The SMILES string of the molecule is CN1CCN(c2cccc(N)c2N)CC1.CN1CCN(c2cccc(N)c2[N+](=O)[O-])CC1.CO. The average Bonchev–Trinajstić information content (AvgIpc) is 2.83. The van der Waals surface area contributed by atoms with E-state index in [0.29, 0.717) is 17.1 Å². The summed E-state index contributed by atoms with van der Waals surface area (Å²) in [5, 5.41) is 18.0. The van der Waals surface area contributed by atoms with Crippen molar-refractivity contribution in [1.29, 1.82) is 0 Å². The molecule has 2 aliphatic heterocycles. The predicted octanol–water partition coefficient (Wildman–Crippen LogP) is 1.14. The first-order chi connectivity index (χ1) is 16.3. The maximum atomic E-state index is 11.0. The van der Waals surface area contributed by atoms with Crippen molar-refractivity contribution in [3.05, 3.63) is 46.5 Å². The van der Waals surface area contributed by atoms with E-state index in [1.54, 1.807) is 18.2 Å². The summed E-state index contributed by atoms with van der Waals surface area (Å²) in [6.07, 6.45) is 0. The van der Waals surface area contributed by atoms with Gasteiger partial charge < -0.3 is 41.9 Å². The fraction of sp³-hybridized carbons (Fsp3) is 0.478. The van der Waals surface area contributed by atoms with Gasteiger partial charge in [-0.25, -0.2) is 0 Å². The van der Waals surface area contributed by atoms with Crippen molar-refractivity contribution in [2.24, 2.45) is 0 Å². The zero-order chi connectivity index (χ0) is 25.3. The lowest BCUT2D eigenvalue weighted by Crippen LogP contribution is -2.44. The molecule has 0 bridgehead atoms. The lowest BCUT2D eigenvalue weighted by molar-refractivity contribution is -0.383. The van der Waals surface area contributed by atoms with Crippen molar-refractivity contribution < 1.29 is 10.0 Å². The third-order valence-electron chi connectivity index (χ3n) is 6.03. The molecule has 2 aromatic rings. The maximum Gasteiger partial charge on any atom is 0.315 e. The molecule has 7 N–H and O–H groups in total. The van der Waals surface area contributed by atoms with Gasteiger partial charge in [-0.15, -0.1) is 0 Å². The number of aliphatic hydroxyl groups is 1. The molecule has 11 heteroatoms. The van der Waals surface area contributed by atoms with E-state index in [2.05, 4.69) is 21.7 Å². The molecule has 0 saturated carbocycles. The van der Waals surface area contributed by atoms with E-state index in [-0.39, 0.29) is 11.4 Å². The van der Waals surface area contributed by atoms with Crippen molar-refractivity contribution in [2.45, 2.75) is 0 Å². The van der Waals surface area contributed by atoms with Crippen LogP contribution >= 0.6 is 0 Å². The number of nitro benzene ring substituents is 1. The Hall–Kier alpha value is -3.28. The van der Waals surface area contributed by atoms with Gasteiger partial charge in [-0.2, -0.15) is 0 Å². The molecule has 0 amide bonds. The molecule has 2 saturated heterocycles. The van der Waals surface area contributed by atoms with Gasteiger partial charge in [0.25, 0.3) is 0 Å². The van der Waals surface area contributed by atoms with Gasteiger partial charge in [0.05, 0.1) is 22.0 Å². The number of nitro groups is 1. The van der Waals surface area contributed by atoms with Crippen LogP contribution in [-0.4, -0.2) is 93.4 Å². The quantitative estimate of drug-likeness (QED) is 0.289. The molecule has 188 valence electrons. The summed E-state index contributed by atoms with van der Waals surface area (Å²) >= 11 is 0. The molecule has 11 nitrogen and oxygen atoms in total. The van der Waals surface area contributed by atoms with Crippen LogP contribution in [0.5, 0.6) is 0 Å². The first-order valence-electron chi connectivity index (χ1n) is 11.3. The summed E-state index contributed by atoms with van der Waals surface area (Å²) in [5.74, 6) is 0. The number of rotatable bonds is 3. The van der Waals surface area contributed by atoms with Crippen LogP contribution in [0, 0.1) is 10.1 Å². The summed E-state index contributed by atoms with van der Waals surface area (Å²) in [7, 11) is 5.19. The van der Waals surface area contributed by atoms with Gasteiger partial charge in [-0.05, 0) is 38.4 Å². The average molecular weight is 475 g/mol. The van der Waals surface area contributed by atoms with Gasteiger partial charge >= 0.3 is 5.69 Å². The second-order valence-corrected chi connectivity index (χ2v) is 8.33. The molecule has 0 unspecified atom stereocenters. The van der Waals surface area contributed by atoms with E-state index < -0.39 is 4.92 Å². The van der Waals surface area contributed by atoms with Gasteiger partial charge in [-0.3, -0.25) is 10.1 Å². The highest BCUT2D eigenvalue weighted by Crippen LogP contribution is 2.34. The number of aliphatic hydroxyl groups excluding tert-OH is 1. The molecule has 2 heterocycles. The highest BCUT2D eigenvalue weighted by atomic mass is 16.6. The van der Waals surface area contributed by atoms with Crippen LogP contribution in [0.4, 0.5) is 34.1 Å². The second-order valence-electron chi connectivity index (χ2n) is 8.33. The first-order valence-corrected chi connectivity index (χ1v) is 11.3. The Morgan fingerprint density at radius 1 is 0.735 bits per heavy atom. The topological polar surface area (TPSA) is 154 Å².